The summed E-state index contributed by atoms with van der Waals surface area (Å²) in [6, 6.07) is 0. The van der Waals surface area contributed by atoms with E-state index >= 15 is 0 Å². The zero-order valence-electron chi connectivity index (χ0n) is 7.78. The van der Waals surface area contributed by atoms with E-state index in [1.54, 1.807) is 0 Å². The summed E-state index contributed by atoms with van der Waals surface area (Å²) in [6.07, 6.45) is 2.20. The topological polar surface area (TPSA) is 12.0 Å². The number of nitrogens with one attached hydrogen (secondary N) is 1. The van der Waals surface area contributed by atoms with Gasteiger partial charge in [-0.3, -0.25) is 0 Å². The third kappa shape index (κ3) is 7.70. The van der Waals surface area contributed by atoms with Crippen LogP contribution in [0.1, 0.15) is 34.6 Å². The average molecular weight is 141 g/mol. The second-order valence-corrected chi connectivity index (χ2v) is 3.91. The summed E-state index contributed by atoms with van der Waals surface area (Å²) in [5.74, 6) is 0. The molecule has 0 bridgehead atoms. The minimum atomic E-state index is 0.242. The second-order valence-electron chi connectivity index (χ2n) is 3.91. The summed E-state index contributed by atoms with van der Waals surface area (Å²) in [5.41, 5.74) is 1.61. The summed E-state index contributed by atoms with van der Waals surface area (Å²) < 4.78 is 0. The highest BCUT2D eigenvalue weighted by Gasteiger charge is 2.05. The third-order valence-electron chi connectivity index (χ3n) is 1.14. The molecule has 0 heterocycles. The Morgan fingerprint density at radius 1 is 1.30 bits per heavy atom. The number of hydrogen-bond acceptors (Lipinski definition) is 1. The van der Waals surface area contributed by atoms with Crippen molar-refractivity contribution in [1.29, 1.82) is 0 Å². The monoisotopic (exact) mass is 141 g/mol. The van der Waals surface area contributed by atoms with Crippen LogP contribution in [0.4, 0.5) is 0 Å². The van der Waals surface area contributed by atoms with E-state index < -0.39 is 0 Å². The van der Waals surface area contributed by atoms with Crippen molar-refractivity contribution >= 4 is 0 Å². The maximum atomic E-state index is 3.38. The van der Waals surface area contributed by atoms with Gasteiger partial charge in [0, 0.05) is 12.1 Å². The maximum Gasteiger partial charge on any atom is 0.0142 e. The molecule has 0 aromatic heterocycles. The van der Waals surface area contributed by atoms with Crippen LogP contribution in [0.25, 0.3) is 0 Å². The molecule has 0 radical (unpaired) electrons. The van der Waals surface area contributed by atoms with E-state index in [-0.39, 0.29) is 5.54 Å². The number of hydrogen-bond donors (Lipinski definition) is 1. The Labute approximate surface area is 64.5 Å². The maximum absolute atomic E-state index is 3.38. The zero-order valence-corrected chi connectivity index (χ0v) is 7.78. The van der Waals surface area contributed by atoms with Crippen molar-refractivity contribution < 1.29 is 0 Å². The zero-order chi connectivity index (χ0) is 8.20. The van der Waals surface area contributed by atoms with Crippen LogP contribution < -0.4 is 5.32 Å². The highest BCUT2D eigenvalue weighted by molar-refractivity contribution is 4.95. The fourth-order valence-electron chi connectivity index (χ4n) is 0.561. The van der Waals surface area contributed by atoms with E-state index in [9.17, 15) is 0 Å². The molecule has 0 spiro atoms. The Balaban J connectivity index is 3.47. The van der Waals surface area contributed by atoms with Gasteiger partial charge in [-0.15, -0.1) is 0 Å². The lowest BCUT2D eigenvalue weighted by Crippen LogP contribution is -2.35. The van der Waals surface area contributed by atoms with Crippen molar-refractivity contribution in [3.05, 3.63) is 11.6 Å². The van der Waals surface area contributed by atoms with E-state index in [0.717, 1.165) is 6.54 Å². The van der Waals surface area contributed by atoms with Crippen LogP contribution in [0.2, 0.25) is 0 Å². The molecule has 0 aliphatic rings. The van der Waals surface area contributed by atoms with Crippen LogP contribution in [-0.4, -0.2) is 12.1 Å². The lowest BCUT2D eigenvalue weighted by atomic mass is 10.1. The van der Waals surface area contributed by atoms with Gasteiger partial charge in [-0.1, -0.05) is 11.6 Å². The van der Waals surface area contributed by atoms with Crippen LogP contribution in [-0.2, 0) is 0 Å². The second kappa shape index (κ2) is 3.77. The SMILES string of the molecule is CC(C)=CCNC(C)(C)C. The van der Waals surface area contributed by atoms with Crippen molar-refractivity contribution in [2.75, 3.05) is 6.54 Å². The lowest BCUT2D eigenvalue weighted by molar-refractivity contribution is 0.449. The van der Waals surface area contributed by atoms with Gasteiger partial charge < -0.3 is 5.32 Å². The Morgan fingerprint density at radius 2 is 1.80 bits per heavy atom. The fourth-order valence-corrected chi connectivity index (χ4v) is 0.561. The molecular weight excluding hydrogens is 122 g/mol. The molecule has 0 aliphatic carbocycles. The molecule has 1 heteroatoms. The Bertz CT molecular complexity index is 113. The smallest absolute Gasteiger partial charge is 0.0142 e. The summed E-state index contributed by atoms with van der Waals surface area (Å²) in [7, 11) is 0. The first-order valence-corrected chi connectivity index (χ1v) is 3.80. The van der Waals surface area contributed by atoms with E-state index in [1.807, 2.05) is 0 Å². The standard InChI is InChI=1S/C9H19N/c1-8(2)6-7-10-9(3,4)5/h6,10H,7H2,1-5H3. The van der Waals surface area contributed by atoms with Crippen LogP contribution in [0.15, 0.2) is 11.6 Å². The van der Waals surface area contributed by atoms with Gasteiger partial charge in [-0.05, 0) is 34.6 Å². The molecule has 1 nitrogen and oxygen atoms in total. The predicted molar refractivity (Wildman–Crippen MR) is 47.2 cm³/mol. The van der Waals surface area contributed by atoms with Crippen molar-refractivity contribution in [2.24, 2.45) is 0 Å². The quantitative estimate of drug-likeness (QED) is 0.582. The first-order chi connectivity index (χ1) is 4.42. The minimum Gasteiger partial charge on any atom is -0.309 e. The molecule has 0 aromatic rings. The molecule has 0 atom stereocenters. The first-order valence-electron chi connectivity index (χ1n) is 3.80. The van der Waals surface area contributed by atoms with Gasteiger partial charge in [0.25, 0.3) is 0 Å². The highest BCUT2D eigenvalue weighted by atomic mass is 14.9. The Kier molecular flexibility index (Phi) is 3.66. The van der Waals surface area contributed by atoms with Gasteiger partial charge in [-0.2, -0.15) is 0 Å². The number of allylic oxidation sites excluding steroid dienone is 1. The third-order valence-corrected chi connectivity index (χ3v) is 1.14. The molecule has 60 valence electrons. The first kappa shape index (κ1) is 9.70. The van der Waals surface area contributed by atoms with Crippen LogP contribution in [0.3, 0.4) is 0 Å². The van der Waals surface area contributed by atoms with Gasteiger partial charge in [0.1, 0.15) is 0 Å². The average Bonchev–Trinajstić information content (AvgIpc) is 1.59. The number of rotatable bonds is 2. The van der Waals surface area contributed by atoms with E-state index in [4.69, 9.17) is 0 Å². The van der Waals surface area contributed by atoms with E-state index in [1.165, 1.54) is 5.57 Å². The van der Waals surface area contributed by atoms with Crippen molar-refractivity contribution in [3.8, 4) is 0 Å². The van der Waals surface area contributed by atoms with Gasteiger partial charge in [0.15, 0.2) is 0 Å². The Morgan fingerprint density at radius 3 is 2.10 bits per heavy atom. The summed E-state index contributed by atoms with van der Waals surface area (Å²) in [6.45, 7) is 11.7. The molecule has 0 rings (SSSR count). The summed E-state index contributed by atoms with van der Waals surface area (Å²) in [5, 5.41) is 3.38. The molecule has 10 heavy (non-hydrogen) atoms. The normalized spacial score (nSPS) is 11.3. The van der Waals surface area contributed by atoms with Gasteiger partial charge in [-0.25, -0.2) is 0 Å². The summed E-state index contributed by atoms with van der Waals surface area (Å²) in [4.78, 5) is 0. The molecule has 0 unspecified atom stereocenters. The molecule has 0 aliphatic heterocycles. The van der Waals surface area contributed by atoms with E-state index in [0.29, 0.717) is 0 Å². The van der Waals surface area contributed by atoms with Crippen LogP contribution in [0.5, 0.6) is 0 Å². The van der Waals surface area contributed by atoms with Gasteiger partial charge in [0.2, 0.25) is 0 Å². The largest absolute Gasteiger partial charge is 0.309 e. The predicted octanol–water partition coefficient (Wildman–Crippen LogP) is 2.34. The van der Waals surface area contributed by atoms with Crippen LogP contribution >= 0.6 is 0 Å². The fraction of sp³-hybridized carbons (Fsp3) is 0.778. The molecule has 0 saturated heterocycles. The summed E-state index contributed by atoms with van der Waals surface area (Å²) >= 11 is 0. The Hall–Kier alpha value is -0.300. The molecular formula is C9H19N. The molecule has 0 amide bonds. The van der Waals surface area contributed by atoms with Crippen LogP contribution in [0, 0.1) is 0 Å². The molecule has 0 saturated carbocycles. The van der Waals surface area contributed by atoms with Crippen molar-refractivity contribution in [1.82, 2.24) is 5.32 Å². The van der Waals surface area contributed by atoms with Crippen molar-refractivity contribution in [2.45, 2.75) is 40.2 Å². The molecule has 1 N–H and O–H groups in total. The molecule has 0 aromatic carbocycles. The lowest BCUT2D eigenvalue weighted by Gasteiger charge is -2.19. The van der Waals surface area contributed by atoms with Gasteiger partial charge >= 0.3 is 0 Å². The minimum absolute atomic E-state index is 0.242. The van der Waals surface area contributed by atoms with Gasteiger partial charge in [0.05, 0.1) is 0 Å². The highest BCUT2D eigenvalue weighted by Crippen LogP contribution is 1.97. The van der Waals surface area contributed by atoms with E-state index in [2.05, 4.69) is 46.0 Å². The molecule has 0 fully saturated rings. The van der Waals surface area contributed by atoms with Crippen molar-refractivity contribution in [3.63, 3.8) is 0 Å².